The highest BCUT2D eigenvalue weighted by atomic mass is 19.4. The number of aromatic nitrogens is 2. The van der Waals surface area contributed by atoms with Crippen molar-refractivity contribution in [3.05, 3.63) is 18.2 Å². The topological polar surface area (TPSA) is 74.6 Å². The van der Waals surface area contributed by atoms with Crippen LogP contribution in [0.3, 0.4) is 0 Å². The predicted octanol–water partition coefficient (Wildman–Crippen LogP) is 1.12. The zero-order chi connectivity index (χ0) is 18.8. The molecular weight excluding hydrogens is 349 g/mol. The van der Waals surface area contributed by atoms with Crippen LogP contribution in [-0.4, -0.2) is 59.2 Å². The number of amides is 1. The van der Waals surface area contributed by atoms with E-state index >= 15 is 0 Å². The van der Waals surface area contributed by atoms with Crippen LogP contribution >= 0.6 is 0 Å². The molecule has 0 aliphatic carbocycles. The summed E-state index contributed by atoms with van der Waals surface area (Å²) in [6, 6.07) is 0. The third-order valence-corrected chi connectivity index (χ3v) is 4.92. The number of hydrogen-bond acceptors (Lipinski definition) is 3. The molecule has 2 N–H and O–H groups in total. The van der Waals surface area contributed by atoms with Crippen molar-refractivity contribution in [3.63, 3.8) is 0 Å². The van der Waals surface area contributed by atoms with Crippen LogP contribution in [0.2, 0.25) is 0 Å². The van der Waals surface area contributed by atoms with Gasteiger partial charge in [0.15, 0.2) is 5.96 Å². The molecule has 2 saturated heterocycles. The molecule has 10 heteroatoms. The normalized spacial score (nSPS) is 24.2. The average Bonchev–Trinajstić information content (AvgIpc) is 3.14. The number of halogens is 3. The van der Waals surface area contributed by atoms with Crippen LogP contribution in [0.25, 0.3) is 0 Å². The number of guanidine groups is 1. The van der Waals surface area contributed by atoms with Gasteiger partial charge in [-0.2, -0.15) is 13.2 Å². The van der Waals surface area contributed by atoms with Gasteiger partial charge in [0.25, 0.3) is 0 Å². The van der Waals surface area contributed by atoms with Gasteiger partial charge < -0.3 is 20.1 Å². The molecule has 1 amide bonds. The Labute approximate surface area is 149 Å². The number of hydrogen-bond donors (Lipinski definition) is 2. The van der Waals surface area contributed by atoms with E-state index in [1.807, 2.05) is 0 Å². The molecule has 0 bridgehead atoms. The Morgan fingerprint density at radius 3 is 2.96 bits per heavy atom. The molecule has 3 heterocycles. The van der Waals surface area contributed by atoms with Crippen LogP contribution in [0.4, 0.5) is 13.2 Å². The standard InChI is InChI=1S/C16H23F3N6O/c1-20-14(22-8-12-21-4-6-24(12)11-16(17,18)19)25-5-2-3-15(10-25)7-13(26)23-9-15/h4,6H,2-3,5,7-11H2,1H3,(H,20,22)(H,23,26). The van der Waals surface area contributed by atoms with Gasteiger partial charge in [-0.3, -0.25) is 9.79 Å². The number of nitrogens with zero attached hydrogens (tertiary/aromatic N) is 4. The van der Waals surface area contributed by atoms with Crippen molar-refractivity contribution in [2.24, 2.45) is 10.4 Å². The van der Waals surface area contributed by atoms with Crippen molar-refractivity contribution in [1.82, 2.24) is 25.1 Å². The van der Waals surface area contributed by atoms with Gasteiger partial charge in [0.1, 0.15) is 12.4 Å². The maximum atomic E-state index is 12.6. The highest BCUT2D eigenvalue weighted by Gasteiger charge is 2.42. The number of carbonyl (C=O) groups is 1. The summed E-state index contributed by atoms with van der Waals surface area (Å²) < 4.78 is 38.9. The lowest BCUT2D eigenvalue weighted by molar-refractivity contribution is -0.141. The van der Waals surface area contributed by atoms with Gasteiger partial charge in [-0.1, -0.05) is 0 Å². The van der Waals surface area contributed by atoms with Gasteiger partial charge >= 0.3 is 6.18 Å². The summed E-state index contributed by atoms with van der Waals surface area (Å²) >= 11 is 0. The second-order valence-electron chi connectivity index (χ2n) is 6.97. The maximum Gasteiger partial charge on any atom is 0.406 e. The fraction of sp³-hybridized carbons (Fsp3) is 0.688. The Morgan fingerprint density at radius 2 is 2.31 bits per heavy atom. The van der Waals surface area contributed by atoms with Crippen LogP contribution in [0, 0.1) is 5.41 Å². The first-order valence-corrected chi connectivity index (χ1v) is 8.59. The highest BCUT2D eigenvalue weighted by Crippen LogP contribution is 2.36. The van der Waals surface area contributed by atoms with E-state index in [1.54, 1.807) is 7.05 Å². The summed E-state index contributed by atoms with van der Waals surface area (Å²) in [5, 5.41) is 6.00. The van der Waals surface area contributed by atoms with Crippen LogP contribution in [0.1, 0.15) is 25.1 Å². The number of alkyl halides is 3. The van der Waals surface area contributed by atoms with Gasteiger partial charge in [-0.05, 0) is 12.8 Å². The molecule has 144 valence electrons. The molecule has 2 aliphatic heterocycles. The van der Waals surface area contributed by atoms with Crippen molar-refractivity contribution >= 4 is 11.9 Å². The van der Waals surface area contributed by atoms with E-state index in [0.29, 0.717) is 31.3 Å². The number of rotatable bonds is 3. The Bertz CT molecular complexity index is 686. The maximum absolute atomic E-state index is 12.6. The number of piperidine rings is 1. The van der Waals surface area contributed by atoms with Crippen molar-refractivity contribution in [1.29, 1.82) is 0 Å². The van der Waals surface area contributed by atoms with Crippen molar-refractivity contribution in [3.8, 4) is 0 Å². The van der Waals surface area contributed by atoms with E-state index in [1.165, 1.54) is 12.4 Å². The molecule has 2 fully saturated rings. The quantitative estimate of drug-likeness (QED) is 0.616. The monoisotopic (exact) mass is 372 g/mol. The summed E-state index contributed by atoms with van der Waals surface area (Å²) in [6.07, 6.45) is 0.818. The van der Waals surface area contributed by atoms with Crippen LogP contribution < -0.4 is 10.6 Å². The Balaban J connectivity index is 1.62. The lowest BCUT2D eigenvalue weighted by atomic mass is 9.79. The molecule has 7 nitrogen and oxygen atoms in total. The smallest absolute Gasteiger partial charge is 0.355 e. The van der Waals surface area contributed by atoms with E-state index in [2.05, 4.69) is 25.5 Å². The zero-order valence-corrected chi connectivity index (χ0v) is 14.6. The molecule has 26 heavy (non-hydrogen) atoms. The number of likely N-dealkylation sites (tertiary alicyclic amines) is 1. The molecule has 1 atom stereocenters. The van der Waals surface area contributed by atoms with Crippen LogP contribution in [-0.2, 0) is 17.9 Å². The SMILES string of the molecule is CN=C(NCc1nccn1CC(F)(F)F)N1CCCC2(CNC(=O)C2)C1. The molecule has 0 radical (unpaired) electrons. The minimum atomic E-state index is -4.29. The van der Waals surface area contributed by atoms with E-state index in [4.69, 9.17) is 0 Å². The molecule has 0 saturated carbocycles. The molecule has 2 aliphatic rings. The molecule has 3 rings (SSSR count). The Hall–Kier alpha value is -2.26. The molecule has 1 aromatic rings. The highest BCUT2D eigenvalue weighted by molar-refractivity contribution is 5.81. The van der Waals surface area contributed by atoms with E-state index in [9.17, 15) is 18.0 Å². The van der Waals surface area contributed by atoms with E-state index < -0.39 is 12.7 Å². The number of imidazole rings is 1. The third kappa shape index (κ3) is 4.28. The van der Waals surface area contributed by atoms with Gasteiger partial charge in [-0.15, -0.1) is 0 Å². The van der Waals surface area contributed by atoms with Crippen molar-refractivity contribution < 1.29 is 18.0 Å². The van der Waals surface area contributed by atoms with E-state index in [0.717, 1.165) is 24.0 Å². The van der Waals surface area contributed by atoms with Crippen molar-refractivity contribution in [2.75, 3.05) is 26.7 Å². The first-order valence-electron chi connectivity index (χ1n) is 8.59. The van der Waals surface area contributed by atoms with Gasteiger partial charge in [0.05, 0.1) is 6.54 Å². The summed E-state index contributed by atoms with van der Waals surface area (Å²) in [5.41, 5.74) is -0.0816. The molecule has 1 unspecified atom stereocenters. The zero-order valence-electron chi connectivity index (χ0n) is 14.6. The van der Waals surface area contributed by atoms with Gasteiger partial charge in [0, 0.05) is 50.9 Å². The second kappa shape index (κ2) is 7.16. The number of nitrogens with one attached hydrogen (secondary N) is 2. The molecule has 1 spiro atoms. The number of aliphatic imine (C=N–C) groups is 1. The molecular formula is C16H23F3N6O. The summed E-state index contributed by atoms with van der Waals surface area (Å²) in [6.45, 7) is 1.24. The summed E-state index contributed by atoms with van der Waals surface area (Å²) in [4.78, 5) is 21.9. The fourth-order valence-electron chi connectivity index (χ4n) is 3.76. The van der Waals surface area contributed by atoms with Crippen molar-refractivity contribution in [2.45, 2.75) is 38.5 Å². The van der Waals surface area contributed by atoms with Gasteiger partial charge in [0.2, 0.25) is 5.91 Å². The summed E-state index contributed by atoms with van der Waals surface area (Å²) in [7, 11) is 1.64. The minimum absolute atomic E-state index is 0.0731. The number of carbonyl (C=O) groups excluding carboxylic acids is 1. The van der Waals surface area contributed by atoms with E-state index in [-0.39, 0.29) is 17.9 Å². The first kappa shape index (κ1) is 18.5. The van der Waals surface area contributed by atoms with Crippen LogP contribution in [0.5, 0.6) is 0 Å². The largest absolute Gasteiger partial charge is 0.406 e. The molecule has 0 aromatic carbocycles. The Morgan fingerprint density at radius 1 is 1.50 bits per heavy atom. The molecule has 1 aromatic heterocycles. The average molecular weight is 372 g/mol. The van der Waals surface area contributed by atoms with Crippen LogP contribution in [0.15, 0.2) is 17.4 Å². The predicted molar refractivity (Wildman–Crippen MR) is 89.3 cm³/mol. The lowest BCUT2D eigenvalue weighted by Crippen LogP contribution is -2.51. The lowest BCUT2D eigenvalue weighted by Gasteiger charge is -2.40. The third-order valence-electron chi connectivity index (χ3n) is 4.92. The fourth-order valence-corrected chi connectivity index (χ4v) is 3.76. The first-order chi connectivity index (χ1) is 12.3. The van der Waals surface area contributed by atoms with Gasteiger partial charge in [-0.25, -0.2) is 4.98 Å². The minimum Gasteiger partial charge on any atom is -0.355 e. The second-order valence-corrected chi connectivity index (χ2v) is 6.97. The summed E-state index contributed by atoms with van der Waals surface area (Å²) in [5.74, 6) is 0.988. The Kier molecular flexibility index (Phi) is 5.10.